The van der Waals surface area contributed by atoms with Gasteiger partial charge < -0.3 is 15.6 Å². The highest BCUT2D eigenvalue weighted by Crippen LogP contribution is 2.44. The zero-order chi connectivity index (χ0) is 24.9. The number of carbonyl (C=O) groups excluding carboxylic acids is 2. The number of carboxylic acids is 1. The first-order valence-corrected chi connectivity index (χ1v) is 11.1. The van der Waals surface area contributed by atoms with E-state index in [2.05, 4.69) is 38.1 Å². The van der Waals surface area contributed by atoms with Gasteiger partial charge in [0, 0.05) is 18.4 Å². The number of Topliss-reactive ketones (excluding diaryl/α,β-unsaturated/α-hetero) is 1. The first kappa shape index (κ1) is 26.8. The second-order valence-corrected chi connectivity index (χ2v) is 9.50. The van der Waals surface area contributed by atoms with Crippen molar-refractivity contribution in [2.45, 2.75) is 82.4 Å². The zero-order valence-corrected chi connectivity index (χ0v) is 19.0. The molecule has 1 aromatic carbocycles. The van der Waals surface area contributed by atoms with E-state index >= 15 is 0 Å². The molecule has 1 saturated carbocycles. The van der Waals surface area contributed by atoms with Gasteiger partial charge in [-0.1, -0.05) is 51.0 Å². The number of alkyl halides is 3. The summed E-state index contributed by atoms with van der Waals surface area (Å²) in [6, 6.07) is 8.52. The highest BCUT2D eigenvalue weighted by molar-refractivity contribution is 5.98. The predicted octanol–water partition coefficient (Wildman–Crippen LogP) is 4.32. The molecule has 0 bridgehead atoms. The molecule has 2 fully saturated rings. The van der Waals surface area contributed by atoms with Gasteiger partial charge in [-0.3, -0.25) is 9.59 Å². The number of aliphatic carboxylic acids is 1. The summed E-state index contributed by atoms with van der Waals surface area (Å²) in [7, 11) is 0. The molecule has 1 heterocycles. The van der Waals surface area contributed by atoms with Crippen LogP contribution in [0.1, 0.15) is 69.9 Å². The average molecular weight is 472 g/mol. The molecule has 0 amide bonds. The van der Waals surface area contributed by atoms with Crippen molar-refractivity contribution in [2.24, 2.45) is 11.7 Å². The molecule has 1 unspecified atom stereocenters. The molecule has 0 spiro atoms. The fourth-order valence-electron chi connectivity index (χ4n) is 4.50. The quantitative estimate of drug-likeness (QED) is 0.473. The smallest absolute Gasteiger partial charge is 0.475 e. The number of cyclic esters (lactones) is 1. The summed E-state index contributed by atoms with van der Waals surface area (Å²) in [6.45, 7) is 4.88. The molecule has 1 aliphatic heterocycles. The summed E-state index contributed by atoms with van der Waals surface area (Å²) in [4.78, 5) is 33.1. The minimum atomic E-state index is -5.08. The summed E-state index contributed by atoms with van der Waals surface area (Å²) < 4.78 is 37.6. The molecular weight excluding hydrogens is 439 g/mol. The molecule has 3 rings (SSSR count). The first-order valence-electron chi connectivity index (χ1n) is 11.1. The first-order chi connectivity index (χ1) is 15.3. The fraction of sp³-hybridized carbons (Fsp3) is 0.625. The van der Waals surface area contributed by atoms with Crippen LogP contribution in [0.15, 0.2) is 24.3 Å². The van der Waals surface area contributed by atoms with E-state index in [0.717, 1.165) is 25.7 Å². The Morgan fingerprint density at radius 1 is 1.21 bits per heavy atom. The highest BCUT2D eigenvalue weighted by atomic mass is 19.4. The third kappa shape index (κ3) is 7.28. The van der Waals surface area contributed by atoms with Gasteiger partial charge in [-0.05, 0) is 42.7 Å². The van der Waals surface area contributed by atoms with Crippen LogP contribution in [0.5, 0.6) is 0 Å². The van der Waals surface area contributed by atoms with Crippen LogP contribution < -0.4 is 5.73 Å². The SMILES string of the molecule is CC(C)(CN)c1cccc(CCC2(C3CCCC3)CC(=O)CC(=O)O2)c1.O=C(O)C(F)(F)F. The van der Waals surface area contributed by atoms with Gasteiger partial charge in [0.15, 0.2) is 0 Å². The molecule has 1 aliphatic carbocycles. The number of nitrogens with two attached hydrogens (primary N) is 1. The molecule has 184 valence electrons. The lowest BCUT2D eigenvalue weighted by molar-refractivity contribution is -0.192. The highest BCUT2D eigenvalue weighted by Gasteiger charge is 2.47. The van der Waals surface area contributed by atoms with Gasteiger partial charge in [0.1, 0.15) is 17.8 Å². The van der Waals surface area contributed by atoms with Gasteiger partial charge in [0.05, 0.1) is 0 Å². The number of ketones is 1. The van der Waals surface area contributed by atoms with Crippen molar-refractivity contribution >= 4 is 17.7 Å². The van der Waals surface area contributed by atoms with Crippen LogP contribution in [0.2, 0.25) is 0 Å². The molecule has 0 radical (unpaired) electrons. The van der Waals surface area contributed by atoms with E-state index < -0.39 is 17.7 Å². The second-order valence-electron chi connectivity index (χ2n) is 9.50. The maximum atomic E-state index is 12.2. The number of esters is 1. The second kappa shape index (κ2) is 10.7. The van der Waals surface area contributed by atoms with Gasteiger partial charge in [-0.2, -0.15) is 13.2 Å². The van der Waals surface area contributed by atoms with Crippen LogP contribution in [0, 0.1) is 5.92 Å². The Hall–Kier alpha value is -2.42. The van der Waals surface area contributed by atoms with E-state index in [9.17, 15) is 22.8 Å². The summed E-state index contributed by atoms with van der Waals surface area (Å²) in [5, 5.41) is 7.12. The Bertz CT molecular complexity index is 844. The summed E-state index contributed by atoms with van der Waals surface area (Å²) in [6.07, 6.45) is 1.22. The number of carboxylic acid groups (broad SMARTS) is 1. The Balaban J connectivity index is 0.000000479. The van der Waals surface area contributed by atoms with Crippen molar-refractivity contribution < 1.29 is 37.4 Å². The minimum absolute atomic E-state index is 0.0335. The van der Waals surface area contributed by atoms with Crippen molar-refractivity contribution in [3.05, 3.63) is 35.4 Å². The molecule has 3 N–H and O–H groups in total. The van der Waals surface area contributed by atoms with Gasteiger partial charge in [0.2, 0.25) is 0 Å². The Labute approximate surface area is 191 Å². The van der Waals surface area contributed by atoms with E-state index in [1.807, 2.05) is 0 Å². The molecule has 2 aliphatic rings. The largest absolute Gasteiger partial charge is 0.490 e. The number of halogens is 3. The van der Waals surface area contributed by atoms with E-state index in [1.54, 1.807) is 0 Å². The standard InChI is InChI=1S/C22H31NO3.C2HF3O2/c1-21(2,15-23)18-9-5-6-16(12-18)10-11-22(17-7-3-4-8-17)14-19(24)13-20(25)26-22;3-2(4,5)1(6)7/h5-6,9,12,17H,3-4,7-8,10-11,13-15,23H2,1-2H3;(H,6,7). The molecule has 33 heavy (non-hydrogen) atoms. The summed E-state index contributed by atoms with van der Waals surface area (Å²) in [5.41, 5.74) is 7.70. The van der Waals surface area contributed by atoms with Crippen LogP contribution in [0.4, 0.5) is 13.2 Å². The van der Waals surface area contributed by atoms with Crippen LogP contribution in [0.3, 0.4) is 0 Å². The Morgan fingerprint density at radius 2 is 1.82 bits per heavy atom. The number of aryl methyl sites for hydroxylation is 1. The van der Waals surface area contributed by atoms with Crippen LogP contribution in [0.25, 0.3) is 0 Å². The molecule has 9 heteroatoms. The van der Waals surface area contributed by atoms with Gasteiger partial charge in [-0.15, -0.1) is 0 Å². The summed E-state index contributed by atoms with van der Waals surface area (Å²) in [5.74, 6) is -2.75. The number of benzene rings is 1. The normalized spacial score (nSPS) is 21.9. The summed E-state index contributed by atoms with van der Waals surface area (Å²) >= 11 is 0. The van der Waals surface area contributed by atoms with Crippen molar-refractivity contribution in [2.75, 3.05) is 6.54 Å². The predicted molar refractivity (Wildman–Crippen MR) is 116 cm³/mol. The lowest BCUT2D eigenvalue weighted by Gasteiger charge is -2.41. The number of rotatable bonds is 6. The zero-order valence-electron chi connectivity index (χ0n) is 19.0. The maximum Gasteiger partial charge on any atom is 0.490 e. The van der Waals surface area contributed by atoms with Crippen LogP contribution >= 0.6 is 0 Å². The minimum Gasteiger partial charge on any atom is -0.475 e. The van der Waals surface area contributed by atoms with E-state index in [0.29, 0.717) is 18.9 Å². The van der Waals surface area contributed by atoms with Crippen LogP contribution in [-0.2, 0) is 31.0 Å². The Kier molecular flexibility index (Phi) is 8.68. The van der Waals surface area contributed by atoms with Crippen molar-refractivity contribution in [1.82, 2.24) is 0 Å². The van der Waals surface area contributed by atoms with Crippen molar-refractivity contribution in [1.29, 1.82) is 0 Å². The lowest BCUT2D eigenvalue weighted by Crippen LogP contribution is -2.48. The lowest BCUT2D eigenvalue weighted by atomic mass is 9.75. The number of hydrogen-bond donors (Lipinski definition) is 2. The fourth-order valence-corrected chi connectivity index (χ4v) is 4.50. The number of carbonyl (C=O) groups is 3. The molecule has 1 atom stereocenters. The topological polar surface area (TPSA) is 107 Å². The average Bonchev–Trinajstić information content (AvgIpc) is 3.27. The molecular formula is C24H32F3NO5. The van der Waals surface area contributed by atoms with E-state index in [-0.39, 0.29) is 23.6 Å². The third-order valence-corrected chi connectivity index (χ3v) is 6.55. The van der Waals surface area contributed by atoms with E-state index in [4.69, 9.17) is 20.4 Å². The van der Waals surface area contributed by atoms with Crippen molar-refractivity contribution in [3.63, 3.8) is 0 Å². The monoisotopic (exact) mass is 471 g/mol. The van der Waals surface area contributed by atoms with Gasteiger partial charge in [-0.25, -0.2) is 4.79 Å². The van der Waals surface area contributed by atoms with E-state index in [1.165, 1.54) is 24.0 Å². The van der Waals surface area contributed by atoms with Gasteiger partial charge >= 0.3 is 18.1 Å². The third-order valence-electron chi connectivity index (χ3n) is 6.55. The van der Waals surface area contributed by atoms with Gasteiger partial charge in [0.25, 0.3) is 0 Å². The van der Waals surface area contributed by atoms with Crippen LogP contribution in [-0.4, -0.2) is 41.2 Å². The van der Waals surface area contributed by atoms with Crippen molar-refractivity contribution in [3.8, 4) is 0 Å². The number of hydrogen-bond acceptors (Lipinski definition) is 5. The maximum absolute atomic E-state index is 12.2. The Morgan fingerprint density at radius 3 is 2.33 bits per heavy atom. The molecule has 6 nitrogen and oxygen atoms in total. The number of ether oxygens (including phenoxy) is 1. The molecule has 0 aromatic heterocycles. The molecule has 1 saturated heterocycles. The molecule has 1 aromatic rings.